The number of methoxy groups -OCH3 is 1. The molecule has 134 valence electrons. The zero-order valence-electron chi connectivity index (χ0n) is 14.9. The maximum absolute atomic E-state index is 12.7. The summed E-state index contributed by atoms with van der Waals surface area (Å²) in [5, 5.41) is 2.87. The Morgan fingerprint density at radius 3 is 2.52 bits per heavy atom. The molecule has 0 unspecified atom stereocenters. The van der Waals surface area contributed by atoms with Gasteiger partial charge in [-0.25, -0.2) is 8.42 Å². The van der Waals surface area contributed by atoms with E-state index in [2.05, 4.69) is 5.32 Å². The third-order valence-corrected chi connectivity index (χ3v) is 5.83. The third-order valence-electron chi connectivity index (χ3n) is 4.05. The lowest BCUT2D eigenvalue weighted by Gasteiger charge is -2.19. The number of amides is 1. The van der Waals surface area contributed by atoms with E-state index in [0.717, 1.165) is 11.1 Å². The summed E-state index contributed by atoms with van der Waals surface area (Å²) in [7, 11) is -1.90. The van der Waals surface area contributed by atoms with Crippen LogP contribution in [0.5, 0.6) is 5.75 Å². The van der Waals surface area contributed by atoms with Crippen molar-refractivity contribution in [3.8, 4) is 5.75 Å². The van der Waals surface area contributed by atoms with E-state index in [4.69, 9.17) is 4.74 Å². The molecule has 0 aliphatic heterocycles. The molecule has 1 amide bonds. The molecule has 6 heteroatoms. The van der Waals surface area contributed by atoms with Crippen LogP contribution >= 0.6 is 0 Å². The first-order chi connectivity index (χ1) is 11.8. The van der Waals surface area contributed by atoms with Crippen molar-refractivity contribution in [1.82, 2.24) is 5.32 Å². The fourth-order valence-electron chi connectivity index (χ4n) is 2.63. The second-order valence-corrected chi connectivity index (χ2v) is 8.09. The highest BCUT2D eigenvalue weighted by Crippen LogP contribution is 2.27. The van der Waals surface area contributed by atoms with Gasteiger partial charge in [0.1, 0.15) is 5.75 Å². The van der Waals surface area contributed by atoms with Crippen LogP contribution in [0, 0.1) is 6.92 Å². The molecule has 0 saturated heterocycles. The van der Waals surface area contributed by atoms with Crippen molar-refractivity contribution in [2.24, 2.45) is 0 Å². The lowest BCUT2D eigenvalue weighted by atomic mass is 10.0. The Morgan fingerprint density at radius 1 is 1.20 bits per heavy atom. The molecule has 0 fully saturated rings. The quantitative estimate of drug-likeness (QED) is 0.857. The molecule has 0 aromatic heterocycles. The van der Waals surface area contributed by atoms with E-state index in [1.807, 2.05) is 32.0 Å². The first-order valence-corrected chi connectivity index (χ1v) is 9.72. The number of aryl methyl sites for hydroxylation is 1. The highest BCUT2D eigenvalue weighted by atomic mass is 32.2. The number of benzene rings is 2. The second-order valence-electron chi connectivity index (χ2n) is 5.84. The topological polar surface area (TPSA) is 72.5 Å². The molecule has 5 nitrogen and oxygen atoms in total. The average molecular weight is 361 g/mol. The SMILES string of the molecule is CCS(=O)(=O)c1ccccc1C(=O)N[C@@H](C)c1cc(C)ccc1OC. The molecule has 0 aliphatic rings. The minimum absolute atomic E-state index is 0.0541. The van der Waals surface area contributed by atoms with Crippen molar-refractivity contribution in [2.45, 2.75) is 31.7 Å². The standard InChI is InChI=1S/C19H23NO4S/c1-5-25(22,23)18-9-7-6-8-15(18)19(21)20-14(3)16-12-13(2)10-11-17(16)24-4/h6-12,14H,5H2,1-4H3,(H,20,21)/t14-/m0/s1. The van der Waals surface area contributed by atoms with Gasteiger partial charge in [0.25, 0.3) is 5.91 Å². The largest absolute Gasteiger partial charge is 0.496 e. The third kappa shape index (κ3) is 4.20. The van der Waals surface area contributed by atoms with Gasteiger partial charge in [0.15, 0.2) is 9.84 Å². The van der Waals surface area contributed by atoms with Crippen LogP contribution in [0.2, 0.25) is 0 Å². The van der Waals surface area contributed by atoms with Crippen LogP contribution in [-0.4, -0.2) is 27.2 Å². The second kappa shape index (κ2) is 7.70. The van der Waals surface area contributed by atoms with Crippen molar-refractivity contribution >= 4 is 15.7 Å². The van der Waals surface area contributed by atoms with Crippen LogP contribution in [-0.2, 0) is 9.84 Å². The zero-order valence-corrected chi connectivity index (χ0v) is 15.7. The minimum Gasteiger partial charge on any atom is -0.496 e. The molecule has 0 saturated carbocycles. The number of carbonyl (C=O) groups is 1. The van der Waals surface area contributed by atoms with E-state index in [1.54, 1.807) is 26.2 Å². The van der Waals surface area contributed by atoms with Crippen molar-refractivity contribution in [3.05, 3.63) is 59.2 Å². The Kier molecular flexibility index (Phi) is 5.85. The molecule has 1 atom stereocenters. The minimum atomic E-state index is -3.48. The molecule has 1 N–H and O–H groups in total. The van der Waals surface area contributed by atoms with Crippen LogP contribution in [0.25, 0.3) is 0 Å². The molecule has 2 aromatic carbocycles. The summed E-state index contributed by atoms with van der Waals surface area (Å²) in [5.74, 6) is 0.190. The molecule has 0 radical (unpaired) electrons. The predicted molar refractivity (Wildman–Crippen MR) is 97.8 cm³/mol. The summed E-state index contributed by atoms with van der Waals surface area (Å²) >= 11 is 0. The van der Waals surface area contributed by atoms with Gasteiger partial charge in [-0.15, -0.1) is 0 Å². The van der Waals surface area contributed by atoms with E-state index in [9.17, 15) is 13.2 Å². The van der Waals surface area contributed by atoms with Crippen molar-refractivity contribution < 1.29 is 17.9 Å². The zero-order chi connectivity index (χ0) is 18.6. The normalized spacial score (nSPS) is 12.5. The lowest BCUT2D eigenvalue weighted by molar-refractivity contribution is 0.0936. The number of ether oxygens (including phenoxy) is 1. The van der Waals surface area contributed by atoms with Crippen LogP contribution in [0.15, 0.2) is 47.4 Å². The van der Waals surface area contributed by atoms with Gasteiger partial charge in [0.05, 0.1) is 29.4 Å². The highest BCUT2D eigenvalue weighted by Gasteiger charge is 2.22. The van der Waals surface area contributed by atoms with Crippen molar-refractivity contribution in [3.63, 3.8) is 0 Å². The molecule has 2 aromatic rings. The van der Waals surface area contributed by atoms with Crippen LogP contribution in [0.1, 0.15) is 41.4 Å². The van der Waals surface area contributed by atoms with Crippen LogP contribution in [0.3, 0.4) is 0 Å². The van der Waals surface area contributed by atoms with Crippen LogP contribution in [0.4, 0.5) is 0 Å². The summed E-state index contributed by atoms with van der Waals surface area (Å²) in [6.07, 6.45) is 0. The van der Waals surface area contributed by atoms with Gasteiger partial charge in [-0.3, -0.25) is 4.79 Å². The summed E-state index contributed by atoms with van der Waals surface area (Å²) in [6, 6.07) is 11.7. The van der Waals surface area contributed by atoms with Gasteiger partial charge < -0.3 is 10.1 Å². The van der Waals surface area contributed by atoms with Gasteiger partial charge in [0, 0.05) is 5.56 Å². The fourth-order valence-corrected chi connectivity index (χ4v) is 3.72. The molecule has 25 heavy (non-hydrogen) atoms. The number of rotatable bonds is 6. The van der Waals surface area contributed by atoms with Gasteiger partial charge in [-0.1, -0.05) is 36.8 Å². The average Bonchev–Trinajstić information content (AvgIpc) is 2.61. The molecular weight excluding hydrogens is 338 g/mol. The number of carbonyl (C=O) groups excluding carboxylic acids is 1. The number of sulfone groups is 1. The molecule has 0 bridgehead atoms. The van der Waals surface area contributed by atoms with Gasteiger partial charge in [-0.2, -0.15) is 0 Å². The molecule has 0 spiro atoms. The monoisotopic (exact) mass is 361 g/mol. The number of hydrogen-bond donors (Lipinski definition) is 1. The number of hydrogen-bond acceptors (Lipinski definition) is 4. The predicted octanol–water partition coefficient (Wildman–Crippen LogP) is 3.29. The first-order valence-electron chi connectivity index (χ1n) is 8.07. The molecule has 0 aliphatic carbocycles. The molecular formula is C19H23NO4S. The Morgan fingerprint density at radius 2 is 1.88 bits per heavy atom. The van der Waals surface area contributed by atoms with E-state index < -0.39 is 15.7 Å². The maximum atomic E-state index is 12.7. The van der Waals surface area contributed by atoms with Crippen molar-refractivity contribution in [2.75, 3.05) is 12.9 Å². The van der Waals surface area contributed by atoms with Crippen molar-refractivity contribution in [1.29, 1.82) is 0 Å². The number of nitrogens with one attached hydrogen (secondary N) is 1. The molecule has 0 heterocycles. The summed E-state index contributed by atoms with van der Waals surface area (Å²) in [6.45, 7) is 5.36. The summed E-state index contributed by atoms with van der Waals surface area (Å²) < 4.78 is 29.8. The highest BCUT2D eigenvalue weighted by molar-refractivity contribution is 7.91. The Balaban J connectivity index is 2.34. The Bertz CT molecular complexity index is 875. The molecule has 2 rings (SSSR count). The fraction of sp³-hybridized carbons (Fsp3) is 0.316. The lowest BCUT2D eigenvalue weighted by Crippen LogP contribution is -2.28. The smallest absolute Gasteiger partial charge is 0.253 e. The van der Waals surface area contributed by atoms with Gasteiger partial charge >= 0.3 is 0 Å². The summed E-state index contributed by atoms with van der Waals surface area (Å²) in [5.41, 5.74) is 2.04. The van der Waals surface area contributed by atoms with Gasteiger partial charge in [-0.05, 0) is 32.0 Å². The van der Waals surface area contributed by atoms with E-state index in [-0.39, 0.29) is 22.3 Å². The van der Waals surface area contributed by atoms with E-state index in [1.165, 1.54) is 12.1 Å². The summed E-state index contributed by atoms with van der Waals surface area (Å²) in [4.78, 5) is 12.7. The van der Waals surface area contributed by atoms with Crippen LogP contribution < -0.4 is 10.1 Å². The van der Waals surface area contributed by atoms with E-state index >= 15 is 0 Å². The maximum Gasteiger partial charge on any atom is 0.253 e. The van der Waals surface area contributed by atoms with Gasteiger partial charge in [0.2, 0.25) is 0 Å². The Labute approximate surface area is 148 Å². The van der Waals surface area contributed by atoms with E-state index in [0.29, 0.717) is 5.75 Å². The first kappa shape index (κ1) is 19.0. The Hall–Kier alpha value is -2.34.